The van der Waals surface area contributed by atoms with Gasteiger partial charge in [0.2, 0.25) is 5.91 Å². The summed E-state index contributed by atoms with van der Waals surface area (Å²) in [6, 6.07) is 8.95. The van der Waals surface area contributed by atoms with Crippen LogP contribution in [0.25, 0.3) is 10.9 Å². The van der Waals surface area contributed by atoms with E-state index in [9.17, 15) is 19.5 Å². The lowest BCUT2D eigenvalue weighted by atomic mass is 9.94. The molecule has 8 nitrogen and oxygen atoms in total. The molecule has 4 rings (SSSR count). The Labute approximate surface area is 179 Å². The van der Waals surface area contributed by atoms with Gasteiger partial charge in [-0.15, -0.1) is 0 Å². The highest BCUT2D eigenvalue weighted by atomic mass is 16.4. The number of furan rings is 1. The van der Waals surface area contributed by atoms with Gasteiger partial charge in [0.15, 0.2) is 5.76 Å². The van der Waals surface area contributed by atoms with Gasteiger partial charge in [-0.2, -0.15) is 0 Å². The number of rotatable bonds is 6. The van der Waals surface area contributed by atoms with Gasteiger partial charge in [0.05, 0.1) is 12.8 Å². The van der Waals surface area contributed by atoms with Crippen molar-refractivity contribution in [3.63, 3.8) is 0 Å². The van der Waals surface area contributed by atoms with Gasteiger partial charge in [0.25, 0.3) is 5.91 Å². The summed E-state index contributed by atoms with van der Waals surface area (Å²) in [7, 11) is 0. The number of hydrogen-bond donors (Lipinski definition) is 3. The van der Waals surface area contributed by atoms with Gasteiger partial charge in [0.1, 0.15) is 12.1 Å². The Hall–Kier alpha value is -3.55. The third-order valence-electron chi connectivity index (χ3n) is 5.63. The van der Waals surface area contributed by atoms with Crippen LogP contribution in [0, 0.1) is 5.92 Å². The van der Waals surface area contributed by atoms with E-state index < -0.39 is 29.9 Å². The normalized spacial score (nSPS) is 16.9. The topological polar surface area (TPSA) is 116 Å². The summed E-state index contributed by atoms with van der Waals surface area (Å²) in [4.78, 5) is 42.8. The highest BCUT2D eigenvalue weighted by Crippen LogP contribution is 2.31. The summed E-state index contributed by atoms with van der Waals surface area (Å²) in [5.41, 5.74) is 2.66. The number of carboxylic acid groups (broad SMARTS) is 1. The Balaban J connectivity index is 1.64. The summed E-state index contributed by atoms with van der Waals surface area (Å²) in [6.45, 7) is 4.03. The fraction of sp³-hybridized carbons (Fsp3) is 0.348. The van der Waals surface area contributed by atoms with E-state index >= 15 is 0 Å². The summed E-state index contributed by atoms with van der Waals surface area (Å²) in [5.74, 6) is -1.76. The fourth-order valence-electron chi connectivity index (χ4n) is 4.19. The first-order chi connectivity index (χ1) is 14.8. The van der Waals surface area contributed by atoms with Crippen LogP contribution < -0.4 is 5.32 Å². The number of fused-ring (bicyclic) bond motifs is 3. The number of nitrogens with one attached hydrogen (secondary N) is 2. The van der Waals surface area contributed by atoms with E-state index in [1.165, 1.54) is 17.2 Å². The van der Waals surface area contributed by atoms with Gasteiger partial charge >= 0.3 is 5.97 Å². The summed E-state index contributed by atoms with van der Waals surface area (Å²) in [6.07, 6.45) is 1.98. The van der Waals surface area contributed by atoms with Gasteiger partial charge in [-0.25, -0.2) is 4.79 Å². The van der Waals surface area contributed by atoms with E-state index in [1.807, 2.05) is 38.1 Å². The molecule has 1 aromatic carbocycles. The van der Waals surface area contributed by atoms with Crippen molar-refractivity contribution in [1.82, 2.24) is 15.2 Å². The smallest absolute Gasteiger partial charge is 0.326 e. The molecular formula is C23H25N3O5. The quantitative estimate of drug-likeness (QED) is 0.564. The van der Waals surface area contributed by atoms with Crippen molar-refractivity contribution in [2.24, 2.45) is 5.92 Å². The van der Waals surface area contributed by atoms with Crippen LogP contribution in [0.4, 0.5) is 0 Å². The minimum Gasteiger partial charge on any atom is -0.480 e. The molecule has 8 heteroatoms. The van der Waals surface area contributed by atoms with Crippen molar-refractivity contribution >= 4 is 28.7 Å². The van der Waals surface area contributed by atoms with E-state index in [4.69, 9.17) is 4.42 Å². The summed E-state index contributed by atoms with van der Waals surface area (Å²) in [5, 5.41) is 13.6. The lowest BCUT2D eigenvalue weighted by molar-refractivity contribution is -0.152. The van der Waals surface area contributed by atoms with Crippen LogP contribution in [0.1, 0.15) is 42.1 Å². The third kappa shape index (κ3) is 4.05. The molecule has 0 saturated heterocycles. The zero-order valence-corrected chi connectivity index (χ0v) is 17.4. The minimum absolute atomic E-state index is 0.105. The monoisotopic (exact) mass is 423 g/mol. The molecule has 3 N–H and O–H groups in total. The van der Waals surface area contributed by atoms with Gasteiger partial charge < -0.3 is 24.7 Å². The zero-order valence-electron chi connectivity index (χ0n) is 17.4. The maximum Gasteiger partial charge on any atom is 0.326 e. The molecule has 0 fully saturated rings. The number of carbonyl (C=O) groups is 3. The highest BCUT2D eigenvalue weighted by molar-refractivity contribution is 5.97. The van der Waals surface area contributed by atoms with E-state index in [1.54, 1.807) is 6.07 Å². The zero-order chi connectivity index (χ0) is 22.1. The number of hydrogen-bond acceptors (Lipinski definition) is 4. The lowest BCUT2D eigenvalue weighted by Crippen LogP contribution is -2.56. The average Bonchev–Trinajstić information content (AvgIpc) is 3.39. The molecule has 162 valence electrons. The molecule has 31 heavy (non-hydrogen) atoms. The first-order valence-electron chi connectivity index (χ1n) is 10.3. The van der Waals surface area contributed by atoms with E-state index in [-0.39, 0.29) is 24.6 Å². The SMILES string of the molecule is CC(C)C[C@H](NC(=O)c1ccco1)C(=O)N1Cc2[nH]c3ccccc3c2C[C@H]1C(=O)O. The molecule has 1 aliphatic heterocycles. The highest BCUT2D eigenvalue weighted by Gasteiger charge is 2.39. The van der Waals surface area contributed by atoms with Crippen LogP contribution >= 0.6 is 0 Å². The molecule has 3 heterocycles. The second-order valence-corrected chi connectivity index (χ2v) is 8.28. The second kappa shape index (κ2) is 8.29. The molecule has 1 aliphatic rings. The molecular weight excluding hydrogens is 398 g/mol. The largest absolute Gasteiger partial charge is 0.480 e. The number of H-pyrrole nitrogens is 1. The second-order valence-electron chi connectivity index (χ2n) is 8.28. The van der Waals surface area contributed by atoms with Crippen LogP contribution in [0.3, 0.4) is 0 Å². The predicted molar refractivity (Wildman–Crippen MR) is 113 cm³/mol. The standard InChI is InChI=1S/C23H25N3O5/c1-13(2)10-17(25-21(27)20-8-5-9-31-20)22(28)26-12-18-15(11-19(26)23(29)30)14-6-3-4-7-16(14)24-18/h3-9,13,17,19,24H,10-12H2,1-2H3,(H,25,27)(H,29,30)/t17-,19-/m0/s1. The van der Waals surface area contributed by atoms with Gasteiger partial charge in [-0.05, 0) is 36.1 Å². The summed E-state index contributed by atoms with van der Waals surface area (Å²) < 4.78 is 5.13. The molecule has 0 saturated carbocycles. The van der Waals surface area contributed by atoms with Crippen LogP contribution in [0.15, 0.2) is 47.1 Å². The molecule has 0 aliphatic carbocycles. The Morgan fingerprint density at radius 3 is 2.68 bits per heavy atom. The number of amides is 2. The molecule has 0 spiro atoms. The molecule has 2 atom stereocenters. The number of benzene rings is 1. The van der Waals surface area contributed by atoms with Crippen LogP contribution in [-0.2, 0) is 22.6 Å². The van der Waals surface area contributed by atoms with E-state index in [0.29, 0.717) is 6.42 Å². The number of aromatic amines is 1. The summed E-state index contributed by atoms with van der Waals surface area (Å²) >= 11 is 0. The van der Waals surface area contributed by atoms with Gasteiger partial charge in [-0.3, -0.25) is 9.59 Å². The molecule has 3 aromatic rings. The van der Waals surface area contributed by atoms with E-state index in [0.717, 1.165) is 22.2 Å². The van der Waals surface area contributed by atoms with Gasteiger partial charge in [-0.1, -0.05) is 32.0 Å². The van der Waals surface area contributed by atoms with Crippen LogP contribution in [-0.4, -0.2) is 44.9 Å². The third-order valence-corrected chi connectivity index (χ3v) is 5.63. The predicted octanol–water partition coefficient (Wildman–Crippen LogP) is 2.94. The maximum absolute atomic E-state index is 13.5. The molecule has 2 aromatic heterocycles. The van der Waals surface area contributed by atoms with Crippen LogP contribution in [0.5, 0.6) is 0 Å². The van der Waals surface area contributed by atoms with Crippen molar-refractivity contribution in [2.45, 2.75) is 45.3 Å². The molecule has 0 bridgehead atoms. The number of para-hydroxylation sites is 1. The number of carbonyl (C=O) groups excluding carboxylic acids is 2. The minimum atomic E-state index is -1.06. The van der Waals surface area contributed by atoms with Crippen molar-refractivity contribution < 1.29 is 23.9 Å². The Kier molecular flexibility index (Phi) is 5.54. The number of carboxylic acids is 1. The molecule has 2 amide bonds. The van der Waals surface area contributed by atoms with Crippen molar-refractivity contribution in [3.05, 3.63) is 59.7 Å². The lowest BCUT2D eigenvalue weighted by Gasteiger charge is -2.36. The Bertz CT molecular complexity index is 1120. The first-order valence-corrected chi connectivity index (χ1v) is 10.3. The Morgan fingerprint density at radius 2 is 2.00 bits per heavy atom. The van der Waals surface area contributed by atoms with E-state index in [2.05, 4.69) is 10.3 Å². The number of nitrogens with zero attached hydrogens (tertiary/aromatic N) is 1. The Morgan fingerprint density at radius 1 is 1.23 bits per heavy atom. The van der Waals surface area contributed by atoms with Crippen molar-refractivity contribution in [3.8, 4) is 0 Å². The van der Waals surface area contributed by atoms with Gasteiger partial charge in [0, 0.05) is 23.0 Å². The number of aliphatic carboxylic acids is 1. The molecule has 0 radical (unpaired) electrons. The fourth-order valence-corrected chi connectivity index (χ4v) is 4.19. The van der Waals surface area contributed by atoms with Crippen molar-refractivity contribution in [2.75, 3.05) is 0 Å². The van der Waals surface area contributed by atoms with Crippen molar-refractivity contribution in [1.29, 1.82) is 0 Å². The average molecular weight is 423 g/mol. The first kappa shape index (κ1) is 20.7. The molecule has 0 unspecified atom stereocenters. The number of aromatic nitrogens is 1. The van der Waals surface area contributed by atoms with Crippen LogP contribution in [0.2, 0.25) is 0 Å². The maximum atomic E-state index is 13.5.